The first-order valence-corrected chi connectivity index (χ1v) is 7.92. The first-order valence-electron chi connectivity index (χ1n) is 5.64. The minimum absolute atomic E-state index is 0.326. The Morgan fingerprint density at radius 3 is 2.60 bits per heavy atom. The summed E-state index contributed by atoms with van der Waals surface area (Å²) in [5.74, 6) is -0.826. The van der Waals surface area contributed by atoms with Crippen molar-refractivity contribution in [2.24, 2.45) is 0 Å². The van der Waals surface area contributed by atoms with Crippen molar-refractivity contribution in [3.63, 3.8) is 0 Å². The van der Waals surface area contributed by atoms with Crippen LogP contribution in [0.5, 0.6) is 0 Å². The van der Waals surface area contributed by atoms with Crippen molar-refractivity contribution in [3.05, 3.63) is 52.3 Å². The molecule has 0 radical (unpaired) electrons. The van der Waals surface area contributed by atoms with Crippen molar-refractivity contribution in [2.75, 3.05) is 10.5 Å². The fourth-order valence-electron chi connectivity index (χ4n) is 1.66. The lowest BCUT2D eigenvalue weighted by molar-refractivity contribution is 0.570. The van der Waals surface area contributed by atoms with Crippen LogP contribution in [0, 0.1) is 12.7 Å². The lowest BCUT2D eigenvalue weighted by Gasteiger charge is -2.12. The van der Waals surface area contributed by atoms with E-state index >= 15 is 0 Å². The third kappa shape index (κ3) is 2.94. The molecule has 0 bridgehead atoms. The van der Waals surface area contributed by atoms with E-state index in [0.717, 1.165) is 6.07 Å². The Kier molecular flexibility index (Phi) is 4.01. The van der Waals surface area contributed by atoms with Gasteiger partial charge in [0.05, 0.1) is 5.69 Å². The van der Waals surface area contributed by atoms with Gasteiger partial charge in [0, 0.05) is 10.2 Å². The van der Waals surface area contributed by atoms with Crippen LogP contribution >= 0.6 is 15.9 Å². The van der Waals surface area contributed by atoms with E-state index in [1.807, 2.05) is 0 Å². The van der Waals surface area contributed by atoms with Gasteiger partial charge in [-0.3, -0.25) is 4.72 Å². The second-order valence-electron chi connectivity index (χ2n) is 4.20. The van der Waals surface area contributed by atoms with E-state index in [-0.39, 0.29) is 0 Å². The van der Waals surface area contributed by atoms with Crippen LogP contribution in [0.4, 0.5) is 15.8 Å². The first-order chi connectivity index (χ1) is 9.31. The van der Waals surface area contributed by atoms with E-state index in [0.29, 0.717) is 21.4 Å². The molecule has 2 rings (SSSR count). The van der Waals surface area contributed by atoms with Gasteiger partial charge in [-0.15, -0.1) is 0 Å². The monoisotopic (exact) mass is 358 g/mol. The maximum Gasteiger partial charge on any atom is 0.264 e. The quantitative estimate of drug-likeness (QED) is 0.827. The van der Waals surface area contributed by atoms with E-state index in [1.165, 1.54) is 12.1 Å². The summed E-state index contributed by atoms with van der Waals surface area (Å²) in [6.45, 7) is 1.69. The maximum absolute atomic E-state index is 13.8. The molecule has 0 unspecified atom stereocenters. The number of nitrogen functional groups attached to an aromatic ring is 1. The molecule has 0 aliphatic rings. The van der Waals surface area contributed by atoms with Crippen LogP contribution < -0.4 is 10.5 Å². The smallest absolute Gasteiger partial charge is 0.264 e. The van der Waals surface area contributed by atoms with Crippen molar-refractivity contribution >= 4 is 37.3 Å². The second kappa shape index (κ2) is 5.41. The standard InChI is InChI=1S/C13H12BrFN2O2S/c1-8-11(16)3-2-4-12(8)17-20(18,19)13-6-5-9(14)7-10(13)15/h2-7,17H,16H2,1H3. The van der Waals surface area contributed by atoms with Crippen molar-refractivity contribution < 1.29 is 12.8 Å². The molecule has 0 aromatic heterocycles. The van der Waals surface area contributed by atoms with Crippen LogP contribution in [0.2, 0.25) is 0 Å². The molecule has 0 atom stereocenters. The summed E-state index contributed by atoms with van der Waals surface area (Å²) < 4.78 is 40.9. The SMILES string of the molecule is Cc1c(N)cccc1NS(=O)(=O)c1ccc(Br)cc1F. The summed E-state index contributed by atoms with van der Waals surface area (Å²) in [5, 5.41) is 0. The Labute approximate surface area is 125 Å². The molecule has 4 nitrogen and oxygen atoms in total. The maximum atomic E-state index is 13.8. The summed E-state index contributed by atoms with van der Waals surface area (Å²) >= 11 is 3.08. The highest BCUT2D eigenvalue weighted by atomic mass is 79.9. The lowest BCUT2D eigenvalue weighted by Crippen LogP contribution is -2.15. The molecule has 7 heteroatoms. The van der Waals surface area contributed by atoms with Crippen LogP contribution in [-0.4, -0.2) is 8.42 Å². The molecule has 106 valence electrons. The zero-order chi connectivity index (χ0) is 14.9. The predicted molar refractivity (Wildman–Crippen MR) is 80.5 cm³/mol. The number of anilines is 2. The van der Waals surface area contributed by atoms with Gasteiger partial charge in [0.25, 0.3) is 10.0 Å². The van der Waals surface area contributed by atoms with Crippen LogP contribution in [0.1, 0.15) is 5.56 Å². The van der Waals surface area contributed by atoms with Crippen molar-refractivity contribution in [1.82, 2.24) is 0 Å². The fourth-order valence-corrected chi connectivity index (χ4v) is 3.17. The van der Waals surface area contributed by atoms with Crippen molar-refractivity contribution in [1.29, 1.82) is 0 Å². The number of halogens is 2. The Balaban J connectivity index is 2.44. The van der Waals surface area contributed by atoms with Gasteiger partial charge in [-0.25, -0.2) is 12.8 Å². The third-order valence-electron chi connectivity index (χ3n) is 2.80. The average molecular weight is 359 g/mol. The molecule has 0 spiro atoms. The second-order valence-corrected chi connectivity index (χ2v) is 6.77. The summed E-state index contributed by atoms with van der Waals surface area (Å²) in [6.07, 6.45) is 0. The molecule has 0 saturated heterocycles. The van der Waals surface area contributed by atoms with Gasteiger partial charge in [-0.05, 0) is 42.8 Å². The normalized spacial score (nSPS) is 11.3. The Bertz CT molecular complexity index is 763. The van der Waals surface area contributed by atoms with Crippen molar-refractivity contribution in [2.45, 2.75) is 11.8 Å². The Hall–Kier alpha value is -1.60. The van der Waals surface area contributed by atoms with Crippen LogP contribution in [0.15, 0.2) is 45.8 Å². The molecule has 2 aromatic carbocycles. The summed E-state index contributed by atoms with van der Waals surface area (Å²) in [5.41, 5.74) is 7.09. The van der Waals surface area contributed by atoms with Crippen molar-refractivity contribution in [3.8, 4) is 0 Å². The van der Waals surface area contributed by atoms with Crippen LogP contribution in [0.3, 0.4) is 0 Å². The number of sulfonamides is 1. The third-order valence-corrected chi connectivity index (χ3v) is 4.70. The van der Waals surface area contributed by atoms with Gasteiger partial charge in [0.2, 0.25) is 0 Å². The zero-order valence-electron chi connectivity index (χ0n) is 10.5. The van der Waals surface area contributed by atoms with E-state index in [2.05, 4.69) is 20.7 Å². The number of nitrogens with two attached hydrogens (primary N) is 1. The molecular weight excluding hydrogens is 347 g/mol. The lowest BCUT2D eigenvalue weighted by atomic mass is 10.2. The van der Waals surface area contributed by atoms with Crippen LogP contribution in [-0.2, 0) is 10.0 Å². The summed E-state index contributed by atoms with van der Waals surface area (Å²) in [6, 6.07) is 8.61. The van der Waals surface area contributed by atoms with Gasteiger partial charge in [0.1, 0.15) is 10.7 Å². The highest BCUT2D eigenvalue weighted by Crippen LogP contribution is 2.25. The number of rotatable bonds is 3. The number of hydrogen-bond donors (Lipinski definition) is 2. The molecule has 0 saturated carbocycles. The van der Waals surface area contributed by atoms with E-state index < -0.39 is 20.7 Å². The van der Waals surface area contributed by atoms with Gasteiger partial charge in [-0.2, -0.15) is 0 Å². The zero-order valence-corrected chi connectivity index (χ0v) is 12.9. The molecule has 0 aliphatic heterocycles. The summed E-state index contributed by atoms with van der Waals surface area (Å²) in [4.78, 5) is -0.414. The van der Waals surface area contributed by atoms with Gasteiger partial charge < -0.3 is 5.73 Å². The highest BCUT2D eigenvalue weighted by Gasteiger charge is 2.20. The molecule has 3 N–H and O–H groups in total. The fraction of sp³-hybridized carbons (Fsp3) is 0.0769. The minimum Gasteiger partial charge on any atom is -0.398 e. The van der Waals surface area contributed by atoms with E-state index in [9.17, 15) is 12.8 Å². The highest BCUT2D eigenvalue weighted by molar-refractivity contribution is 9.10. The first kappa shape index (κ1) is 14.8. The number of nitrogens with one attached hydrogen (secondary N) is 1. The largest absolute Gasteiger partial charge is 0.398 e. The molecule has 0 heterocycles. The molecule has 20 heavy (non-hydrogen) atoms. The van der Waals surface area contributed by atoms with E-state index in [1.54, 1.807) is 25.1 Å². The minimum atomic E-state index is -4.00. The number of hydrogen-bond acceptors (Lipinski definition) is 3. The van der Waals surface area contributed by atoms with Gasteiger partial charge in [-0.1, -0.05) is 22.0 Å². The topological polar surface area (TPSA) is 72.2 Å². The molecule has 0 amide bonds. The molecular formula is C13H12BrFN2O2S. The van der Waals surface area contributed by atoms with Crippen LogP contribution in [0.25, 0.3) is 0 Å². The number of benzene rings is 2. The molecule has 2 aromatic rings. The van der Waals surface area contributed by atoms with Gasteiger partial charge >= 0.3 is 0 Å². The predicted octanol–water partition coefficient (Wildman–Crippen LogP) is 3.28. The average Bonchev–Trinajstić information content (AvgIpc) is 2.34. The Morgan fingerprint density at radius 2 is 1.95 bits per heavy atom. The summed E-state index contributed by atoms with van der Waals surface area (Å²) in [7, 11) is -4.00. The van der Waals surface area contributed by atoms with Gasteiger partial charge in [0.15, 0.2) is 0 Å². The molecule has 0 aliphatic carbocycles. The Morgan fingerprint density at radius 1 is 1.25 bits per heavy atom. The molecule has 0 fully saturated rings. The van der Waals surface area contributed by atoms with E-state index in [4.69, 9.17) is 5.73 Å².